The maximum atomic E-state index is 10.9. The average molecular weight is 189 g/mol. The second-order valence-electron chi connectivity index (χ2n) is 2.74. The number of rotatable bonds is 2. The fourth-order valence-corrected chi connectivity index (χ4v) is 1.67. The molecule has 0 aliphatic heterocycles. The highest BCUT2D eigenvalue weighted by molar-refractivity contribution is 7.89. The zero-order valence-electron chi connectivity index (χ0n) is 6.98. The summed E-state index contributed by atoms with van der Waals surface area (Å²) in [5, 5.41) is 0. The normalized spacial score (nSPS) is 11.8. The molecule has 0 aliphatic rings. The lowest BCUT2D eigenvalue weighted by Gasteiger charge is -2.00. The van der Waals surface area contributed by atoms with Crippen LogP contribution in [0.5, 0.6) is 0 Å². The summed E-state index contributed by atoms with van der Waals surface area (Å²) < 4.78 is 23.3. The van der Waals surface area contributed by atoms with Gasteiger partial charge in [0, 0.05) is 13.3 Å². The van der Waals surface area contributed by atoms with Crippen LogP contribution >= 0.6 is 0 Å². The zero-order chi connectivity index (χ0) is 9.35. The quantitative estimate of drug-likeness (QED) is 0.683. The maximum absolute atomic E-state index is 10.9. The molecule has 12 heavy (non-hydrogen) atoms. The van der Waals surface area contributed by atoms with E-state index in [9.17, 15) is 8.42 Å². The summed E-state index contributed by atoms with van der Waals surface area (Å²) in [6, 6.07) is 0. The third-order valence-corrected chi connectivity index (χ3v) is 2.35. The summed E-state index contributed by atoms with van der Waals surface area (Å²) in [5.41, 5.74) is 6.02. The molecule has 1 heterocycles. The van der Waals surface area contributed by atoms with Gasteiger partial charge in [-0.05, 0) is 0 Å². The van der Waals surface area contributed by atoms with Crippen LogP contribution in [0, 0.1) is 0 Å². The smallest absolute Gasteiger partial charge is 0.200 e. The van der Waals surface area contributed by atoms with Crippen LogP contribution in [0.15, 0.2) is 6.20 Å². The molecule has 0 aliphatic carbocycles. The van der Waals surface area contributed by atoms with Gasteiger partial charge in [-0.1, -0.05) is 0 Å². The van der Waals surface area contributed by atoms with Gasteiger partial charge < -0.3 is 10.3 Å². The summed E-state index contributed by atoms with van der Waals surface area (Å²) >= 11 is 0. The van der Waals surface area contributed by atoms with E-state index in [1.807, 2.05) is 0 Å². The first-order chi connectivity index (χ1) is 5.40. The number of nitrogens with zero attached hydrogens (tertiary/aromatic N) is 2. The molecule has 1 aromatic heterocycles. The van der Waals surface area contributed by atoms with E-state index in [-0.39, 0.29) is 5.75 Å². The zero-order valence-corrected chi connectivity index (χ0v) is 7.80. The van der Waals surface area contributed by atoms with Crippen LogP contribution in [0.2, 0.25) is 0 Å². The van der Waals surface area contributed by atoms with E-state index in [1.165, 1.54) is 12.5 Å². The minimum absolute atomic E-state index is 0.0201. The molecule has 0 atom stereocenters. The molecule has 5 nitrogen and oxygen atoms in total. The van der Waals surface area contributed by atoms with Crippen molar-refractivity contribution >= 4 is 15.8 Å². The van der Waals surface area contributed by atoms with E-state index in [4.69, 9.17) is 5.73 Å². The van der Waals surface area contributed by atoms with E-state index in [2.05, 4.69) is 4.98 Å². The van der Waals surface area contributed by atoms with Gasteiger partial charge in [0.25, 0.3) is 0 Å². The SMILES string of the molecule is Cn1c(CS(C)(=O)=O)cnc1N. The summed E-state index contributed by atoms with van der Waals surface area (Å²) in [6.07, 6.45) is 2.65. The van der Waals surface area contributed by atoms with Crippen molar-refractivity contribution < 1.29 is 8.42 Å². The maximum Gasteiger partial charge on any atom is 0.200 e. The number of anilines is 1. The van der Waals surface area contributed by atoms with Crippen molar-refractivity contribution in [2.45, 2.75) is 5.75 Å². The van der Waals surface area contributed by atoms with Gasteiger partial charge in [-0.25, -0.2) is 13.4 Å². The third-order valence-electron chi connectivity index (χ3n) is 1.53. The summed E-state index contributed by atoms with van der Waals surface area (Å²) in [4.78, 5) is 3.78. The molecule has 0 fully saturated rings. The topological polar surface area (TPSA) is 78.0 Å². The molecule has 0 unspecified atom stereocenters. The highest BCUT2D eigenvalue weighted by Gasteiger charge is 2.09. The largest absolute Gasteiger partial charge is 0.369 e. The van der Waals surface area contributed by atoms with Crippen LogP contribution < -0.4 is 5.73 Å². The monoisotopic (exact) mass is 189 g/mol. The lowest BCUT2D eigenvalue weighted by molar-refractivity contribution is 0.599. The second kappa shape index (κ2) is 2.78. The number of nitrogen functional groups attached to an aromatic ring is 1. The fourth-order valence-electron chi connectivity index (χ4n) is 0.864. The molecule has 0 spiro atoms. The highest BCUT2D eigenvalue weighted by atomic mass is 32.2. The first kappa shape index (κ1) is 9.05. The van der Waals surface area contributed by atoms with E-state index in [0.29, 0.717) is 11.6 Å². The number of imidazole rings is 1. The van der Waals surface area contributed by atoms with Crippen molar-refractivity contribution in [2.24, 2.45) is 7.05 Å². The fraction of sp³-hybridized carbons (Fsp3) is 0.500. The molecule has 1 aromatic rings. The molecule has 0 bridgehead atoms. The Labute approximate surface area is 71.1 Å². The van der Waals surface area contributed by atoms with Crippen molar-refractivity contribution in [3.05, 3.63) is 11.9 Å². The van der Waals surface area contributed by atoms with E-state index in [0.717, 1.165) is 0 Å². The number of hydrogen-bond acceptors (Lipinski definition) is 4. The van der Waals surface area contributed by atoms with Crippen LogP contribution in [0.1, 0.15) is 5.69 Å². The van der Waals surface area contributed by atoms with E-state index >= 15 is 0 Å². The first-order valence-electron chi connectivity index (χ1n) is 3.34. The Kier molecular flexibility index (Phi) is 2.10. The number of sulfone groups is 1. The van der Waals surface area contributed by atoms with Crippen molar-refractivity contribution in [3.8, 4) is 0 Å². The third kappa shape index (κ3) is 1.97. The molecule has 0 radical (unpaired) electrons. The van der Waals surface area contributed by atoms with Gasteiger partial charge in [0.15, 0.2) is 15.8 Å². The summed E-state index contributed by atoms with van der Waals surface area (Å²) in [5.74, 6) is 0.307. The van der Waals surface area contributed by atoms with E-state index in [1.54, 1.807) is 11.6 Å². The average Bonchev–Trinajstić information content (AvgIpc) is 2.16. The Balaban J connectivity index is 2.99. The van der Waals surface area contributed by atoms with Gasteiger partial charge in [0.2, 0.25) is 0 Å². The number of aromatic nitrogens is 2. The van der Waals surface area contributed by atoms with Gasteiger partial charge in [0.05, 0.1) is 17.6 Å². The highest BCUT2D eigenvalue weighted by Crippen LogP contribution is 2.07. The minimum Gasteiger partial charge on any atom is -0.369 e. The molecule has 0 saturated heterocycles. The van der Waals surface area contributed by atoms with Gasteiger partial charge in [0.1, 0.15) is 0 Å². The summed E-state index contributed by atoms with van der Waals surface area (Å²) in [6.45, 7) is 0. The van der Waals surface area contributed by atoms with E-state index < -0.39 is 9.84 Å². The molecule has 0 amide bonds. The van der Waals surface area contributed by atoms with Crippen LogP contribution in [0.4, 0.5) is 5.95 Å². The first-order valence-corrected chi connectivity index (χ1v) is 5.40. The van der Waals surface area contributed by atoms with Crippen LogP contribution in [0.25, 0.3) is 0 Å². The van der Waals surface area contributed by atoms with Gasteiger partial charge in [-0.3, -0.25) is 0 Å². The predicted molar refractivity (Wildman–Crippen MR) is 46.2 cm³/mol. The summed E-state index contributed by atoms with van der Waals surface area (Å²) in [7, 11) is -1.32. The van der Waals surface area contributed by atoms with Crippen molar-refractivity contribution in [1.29, 1.82) is 0 Å². The molecule has 2 N–H and O–H groups in total. The van der Waals surface area contributed by atoms with Crippen molar-refractivity contribution in [2.75, 3.05) is 12.0 Å². The molecule has 68 valence electrons. The van der Waals surface area contributed by atoms with Gasteiger partial charge >= 0.3 is 0 Å². The molecular weight excluding hydrogens is 178 g/mol. The van der Waals surface area contributed by atoms with Crippen LogP contribution in [0.3, 0.4) is 0 Å². The molecule has 6 heteroatoms. The second-order valence-corrected chi connectivity index (χ2v) is 4.88. The van der Waals surface area contributed by atoms with Gasteiger partial charge in [-0.2, -0.15) is 0 Å². The van der Waals surface area contributed by atoms with Crippen LogP contribution in [-0.4, -0.2) is 24.2 Å². The van der Waals surface area contributed by atoms with Crippen molar-refractivity contribution in [3.63, 3.8) is 0 Å². The Morgan fingerprint density at radius 3 is 2.58 bits per heavy atom. The standard InChI is InChI=1S/C6H11N3O2S/c1-9-5(3-8-6(9)7)4-12(2,10)11/h3H,4H2,1-2H3,(H2,7,8). The number of nitrogens with two attached hydrogens (primary N) is 1. The molecule has 0 saturated carbocycles. The molecular formula is C6H11N3O2S. The predicted octanol–water partition coefficient (Wildman–Crippen LogP) is -0.453. The Hall–Kier alpha value is -1.04. The lowest BCUT2D eigenvalue weighted by Crippen LogP contribution is -2.06. The van der Waals surface area contributed by atoms with Crippen LogP contribution in [-0.2, 0) is 22.6 Å². The van der Waals surface area contributed by atoms with Crippen molar-refractivity contribution in [1.82, 2.24) is 9.55 Å². The Morgan fingerprint density at radius 1 is 1.67 bits per heavy atom. The molecule has 0 aromatic carbocycles. The minimum atomic E-state index is -3.00. The molecule has 1 rings (SSSR count). The van der Waals surface area contributed by atoms with Gasteiger partial charge in [-0.15, -0.1) is 0 Å². The number of hydrogen-bond donors (Lipinski definition) is 1. The Bertz CT molecular complexity index is 379. The Morgan fingerprint density at radius 2 is 2.25 bits per heavy atom. The lowest BCUT2D eigenvalue weighted by atomic mass is 10.5.